The molecule has 1 atom stereocenters. The lowest BCUT2D eigenvalue weighted by Gasteiger charge is -2.34. The van der Waals surface area contributed by atoms with Gasteiger partial charge in [0.2, 0.25) is 5.91 Å². The summed E-state index contributed by atoms with van der Waals surface area (Å²) in [4.78, 5) is 17.3. The molecule has 0 bridgehead atoms. The van der Waals surface area contributed by atoms with E-state index in [1.165, 1.54) is 5.56 Å². The van der Waals surface area contributed by atoms with Gasteiger partial charge < -0.3 is 14.8 Å². The number of hydrogen-bond acceptors (Lipinski definition) is 5. The zero-order valence-electron chi connectivity index (χ0n) is 19.0. The monoisotopic (exact) mass is 425 g/mol. The number of benzene rings is 2. The van der Waals surface area contributed by atoms with Crippen LogP contribution in [0.1, 0.15) is 37.9 Å². The Bertz CT molecular complexity index is 820. The van der Waals surface area contributed by atoms with E-state index in [4.69, 9.17) is 9.47 Å². The van der Waals surface area contributed by atoms with Crippen molar-refractivity contribution in [3.05, 3.63) is 59.7 Å². The van der Waals surface area contributed by atoms with E-state index in [0.29, 0.717) is 19.8 Å². The zero-order valence-corrected chi connectivity index (χ0v) is 19.0. The maximum absolute atomic E-state index is 12.6. The highest BCUT2D eigenvalue weighted by Crippen LogP contribution is 2.30. The van der Waals surface area contributed by atoms with Crippen molar-refractivity contribution >= 4 is 5.91 Å². The minimum Gasteiger partial charge on any atom is -0.490 e. The molecule has 168 valence electrons. The Labute approximate surface area is 186 Å². The average molecular weight is 426 g/mol. The molecule has 0 saturated carbocycles. The molecular weight excluding hydrogens is 390 g/mol. The molecule has 1 saturated heterocycles. The highest BCUT2D eigenvalue weighted by molar-refractivity contribution is 5.78. The van der Waals surface area contributed by atoms with Crippen molar-refractivity contribution < 1.29 is 14.3 Å². The van der Waals surface area contributed by atoms with Gasteiger partial charge in [-0.1, -0.05) is 36.4 Å². The summed E-state index contributed by atoms with van der Waals surface area (Å²) in [6, 6.07) is 16.3. The molecule has 1 amide bonds. The van der Waals surface area contributed by atoms with Crippen LogP contribution in [0, 0.1) is 0 Å². The molecule has 6 heteroatoms. The van der Waals surface area contributed by atoms with Crippen molar-refractivity contribution in [1.29, 1.82) is 0 Å². The fourth-order valence-electron chi connectivity index (χ4n) is 3.86. The summed E-state index contributed by atoms with van der Waals surface area (Å²) in [6.45, 7) is 12.2. The molecule has 6 nitrogen and oxygen atoms in total. The van der Waals surface area contributed by atoms with Crippen molar-refractivity contribution in [3.63, 3.8) is 0 Å². The summed E-state index contributed by atoms with van der Waals surface area (Å²) < 4.78 is 11.3. The first-order valence-corrected chi connectivity index (χ1v) is 11.3. The first-order chi connectivity index (χ1) is 15.1. The van der Waals surface area contributed by atoms with Gasteiger partial charge in [-0.05, 0) is 44.0 Å². The van der Waals surface area contributed by atoms with Crippen LogP contribution in [0.15, 0.2) is 48.5 Å². The van der Waals surface area contributed by atoms with E-state index in [0.717, 1.165) is 49.8 Å². The van der Waals surface area contributed by atoms with E-state index in [2.05, 4.69) is 39.4 Å². The van der Waals surface area contributed by atoms with Gasteiger partial charge in [0, 0.05) is 32.7 Å². The summed E-state index contributed by atoms with van der Waals surface area (Å²) >= 11 is 0. The lowest BCUT2D eigenvalue weighted by molar-refractivity contribution is -0.123. The molecule has 2 aromatic rings. The molecule has 3 rings (SSSR count). The SMILES string of the molecule is CCOc1ccc(C(C)NC(=O)CN2CCN(Cc3ccccc3)CC2)cc1OCC. The number of carbonyl (C=O) groups excluding carboxylic acids is 1. The minimum atomic E-state index is -0.0956. The molecule has 0 radical (unpaired) electrons. The average Bonchev–Trinajstić information content (AvgIpc) is 2.77. The third kappa shape index (κ3) is 6.97. The Hall–Kier alpha value is -2.57. The molecule has 2 aromatic carbocycles. The second-order valence-corrected chi connectivity index (χ2v) is 7.90. The molecule has 1 aliphatic rings. The van der Waals surface area contributed by atoms with Crippen LogP contribution in [-0.2, 0) is 11.3 Å². The Morgan fingerprint density at radius 3 is 2.26 bits per heavy atom. The second kappa shape index (κ2) is 11.7. The van der Waals surface area contributed by atoms with Crippen LogP contribution < -0.4 is 14.8 Å². The van der Waals surface area contributed by atoms with Gasteiger partial charge in [-0.3, -0.25) is 14.6 Å². The van der Waals surface area contributed by atoms with Crippen LogP contribution in [-0.4, -0.2) is 61.6 Å². The van der Waals surface area contributed by atoms with Gasteiger partial charge in [-0.2, -0.15) is 0 Å². The van der Waals surface area contributed by atoms with E-state index < -0.39 is 0 Å². The number of nitrogens with one attached hydrogen (secondary N) is 1. The fraction of sp³-hybridized carbons (Fsp3) is 0.480. The first kappa shape index (κ1) is 23.1. The lowest BCUT2D eigenvalue weighted by Crippen LogP contribution is -2.49. The van der Waals surface area contributed by atoms with Crippen LogP contribution in [0.3, 0.4) is 0 Å². The Balaban J connectivity index is 1.47. The van der Waals surface area contributed by atoms with E-state index >= 15 is 0 Å². The number of amides is 1. The van der Waals surface area contributed by atoms with Gasteiger partial charge in [-0.25, -0.2) is 0 Å². The van der Waals surface area contributed by atoms with Crippen molar-refractivity contribution in [2.24, 2.45) is 0 Å². The Kier molecular flexibility index (Phi) is 8.74. The molecule has 0 aromatic heterocycles. The van der Waals surface area contributed by atoms with E-state index in [1.54, 1.807) is 0 Å². The Morgan fingerprint density at radius 1 is 0.935 bits per heavy atom. The minimum absolute atomic E-state index is 0.0517. The summed E-state index contributed by atoms with van der Waals surface area (Å²) in [5.74, 6) is 1.51. The summed E-state index contributed by atoms with van der Waals surface area (Å²) in [5, 5.41) is 3.12. The highest BCUT2D eigenvalue weighted by Gasteiger charge is 2.20. The van der Waals surface area contributed by atoms with Gasteiger partial charge in [0.25, 0.3) is 0 Å². The number of piperazine rings is 1. The van der Waals surface area contributed by atoms with Gasteiger partial charge >= 0.3 is 0 Å². The van der Waals surface area contributed by atoms with Crippen molar-refractivity contribution in [2.45, 2.75) is 33.4 Å². The van der Waals surface area contributed by atoms with Crippen molar-refractivity contribution in [2.75, 3.05) is 45.9 Å². The number of carbonyl (C=O) groups is 1. The molecular formula is C25H35N3O3. The summed E-state index contributed by atoms with van der Waals surface area (Å²) in [6.07, 6.45) is 0. The first-order valence-electron chi connectivity index (χ1n) is 11.3. The van der Waals surface area contributed by atoms with Gasteiger partial charge in [0.05, 0.1) is 25.8 Å². The lowest BCUT2D eigenvalue weighted by atomic mass is 10.1. The topological polar surface area (TPSA) is 54.0 Å². The molecule has 0 aliphatic carbocycles. The molecule has 1 heterocycles. The van der Waals surface area contributed by atoms with Gasteiger partial charge in [0.1, 0.15) is 0 Å². The van der Waals surface area contributed by atoms with Crippen molar-refractivity contribution in [3.8, 4) is 11.5 Å². The quantitative estimate of drug-likeness (QED) is 0.632. The number of nitrogens with zero attached hydrogens (tertiary/aromatic N) is 2. The third-order valence-corrected chi connectivity index (χ3v) is 5.53. The van der Waals surface area contributed by atoms with E-state index in [-0.39, 0.29) is 11.9 Å². The highest BCUT2D eigenvalue weighted by atomic mass is 16.5. The standard InChI is InChI=1S/C25H35N3O3/c1-4-30-23-12-11-22(17-24(23)31-5-2)20(3)26-25(29)19-28-15-13-27(14-16-28)18-21-9-7-6-8-10-21/h6-12,17,20H,4-5,13-16,18-19H2,1-3H3,(H,26,29). The van der Waals surface area contributed by atoms with E-state index in [9.17, 15) is 4.79 Å². The zero-order chi connectivity index (χ0) is 22.1. The Morgan fingerprint density at radius 2 is 1.58 bits per heavy atom. The number of hydrogen-bond donors (Lipinski definition) is 1. The number of ether oxygens (including phenoxy) is 2. The molecule has 1 fully saturated rings. The molecule has 31 heavy (non-hydrogen) atoms. The van der Waals surface area contributed by atoms with Crippen LogP contribution in [0.4, 0.5) is 0 Å². The van der Waals surface area contributed by atoms with Crippen LogP contribution in [0.2, 0.25) is 0 Å². The molecule has 1 unspecified atom stereocenters. The second-order valence-electron chi connectivity index (χ2n) is 7.90. The molecule has 0 spiro atoms. The van der Waals surface area contributed by atoms with Crippen LogP contribution in [0.25, 0.3) is 0 Å². The summed E-state index contributed by atoms with van der Waals surface area (Å²) in [5.41, 5.74) is 2.34. The maximum atomic E-state index is 12.6. The summed E-state index contributed by atoms with van der Waals surface area (Å²) in [7, 11) is 0. The van der Waals surface area contributed by atoms with E-state index in [1.807, 2.05) is 45.0 Å². The predicted octanol–water partition coefficient (Wildman–Crippen LogP) is 3.48. The van der Waals surface area contributed by atoms with Crippen LogP contribution >= 0.6 is 0 Å². The van der Waals surface area contributed by atoms with Gasteiger partial charge in [-0.15, -0.1) is 0 Å². The number of rotatable bonds is 10. The van der Waals surface area contributed by atoms with Gasteiger partial charge in [0.15, 0.2) is 11.5 Å². The maximum Gasteiger partial charge on any atom is 0.234 e. The molecule has 1 N–H and O–H groups in total. The smallest absolute Gasteiger partial charge is 0.234 e. The largest absolute Gasteiger partial charge is 0.490 e. The third-order valence-electron chi connectivity index (χ3n) is 5.53. The van der Waals surface area contributed by atoms with Crippen molar-refractivity contribution in [1.82, 2.24) is 15.1 Å². The fourth-order valence-corrected chi connectivity index (χ4v) is 3.86. The molecule has 1 aliphatic heterocycles. The van der Waals surface area contributed by atoms with Crippen LogP contribution in [0.5, 0.6) is 11.5 Å². The predicted molar refractivity (Wildman–Crippen MR) is 123 cm³/mol. The normalized spacial score (nSPS) is 16.0.